The molecule has 1 aliphatic rings. The quantitative estimate of drug-likeness (QED) is 0.875. The summed E-state index contributed by atoms with van der Waals surface area (Å²) in [7, 11) is -3.18. The zero-order chi connectivity index (χ0) is 15.5. The highest BCUT2D eigenvalue weighted by atomic mass is 32.2. The topological polar surface area (TPSA) is 46.2 Å². The van der Waals surface area contributed by atoms with Crippen LogP contribution in [-0.4, -0.2) is 26.3 Å². The third-order valence-electron chi connectivity index (χ3n) is 4.38. The molecular formula is C17H27NO2S. The predicted octanol–water partition coefficient (Wildman–Crippen LogP) is 3.50. The number of sulfone groups is 1. The van der Waals surface area contributed by atoms with Gasteiger partial charge in [-0.3, -0.25) is 0 Å². The van der Waals surface area contributed by atoms with Crippen molar-refractivity contribution in [1.82, 2.24) is 5.32 Å². The Morgan fingerprint density at radius 2 is 1.86 bits per heavy atom. The van der Waals surface area contributed by atoms with Crippen molar-refractivity contribution >= 4 is 9.84 Å². The van der Waals surface area contributed by atoms with E-state index in [9.17, 15) is 8.42 Å². The number of hydrogen-bond acceptors (Lipinski definition) is 3. The van der Waals surface area contributed by atoms with E-state index in [1.807, 2.05) is 12.1 Å². The second-order valence-corrected chi connectivity index (χ2v) is 8.58. The average Bonchev–Trinajstić information content (AvgIpc) is 2.94. The lowest BCUT2D eigenvalue weighted by Gasteiger charge is -2.14. The van der Waals surface area contributed by atoms with Crippen LogP contribution in [0.5, 0.6) is 0 Å². The summed E-state index contributed by atoms with van der Waals surface area (Å²) in [6.07, 6.45) is 3.57. The Hall–Kier alpha value is -0.870. The highest BCUT2D eigenvalue weighted by Crippen LogP contribution is 2.30. The van der Waals surface area contributed by atoms with Gasteiger partial charge in [0.05, 0.1) is 10.1 Å². The molecule has 1 N–H and O–H groups in total. The molecule has 4 heteroatoms. The maximum Gasteiger partial charge on any atom is 0.181 e. The summed E-state index contributed by atoms with van der Waals surface area (Å²) in [5, 5.41) is 3.22. The first-order chi connectivity index (χ1) is 9.95. The normalized spacial score (nSPS) is 22.9. The number of benzene rings is 1. The van der Waals surface area contributed by atoms with Crippen molar-refractivity contribution < 1.29 is 8.42 Å². The van der Waals surface area contributed by atoms with Crippen molar-refractivity contribution in [3.8, 4) is 0 Å². The van der Waals surface area contributed by atoms with Crippen LogP contribution in [0.3, 0.4) is 0 Å². The van der Waals surface area contributed by atoms with E-state index in [4.69, 9.17) is 0 Å². The summed E-state index contributed by atoms with van der Waals surface area (Å²) in [5.41, 5.74) is 1.18. The smallest absolute Gasteiger partial charge is 0.181 e. The van der Waals surface area contributed by atoms with E-state index in [0.717, 1.165) is 32.2 Å². The Bertz CT molecular complexity index is 549. The van der Waals surface area contributed by atoms with Crippen molar-refractivity contribution in [2.45, 2.75) is 68.6 Å². The van der Waals surface area contributed by atoms with E-state index in [2.05, 4.69) is 26.1 Å². The van der Waals surface area contributed by atoms with Gasteiger partial charge in [0.25, 0.3) is 0 Å². The molecule has 0 aromatic heterocycles. The summed E-state index contributed by atoms with van der Waals surface area (Å²) in [6, 6.07) is 7.80. The Labute approximate surface area is 129 Å². The lowest BCUT2D eigenvalue weighted by atomic mass is 10.0. The monoisotopic (exact) mass is 309 g/mol. The van der Waals surface area contributed by atoms with Crippen LogP contribution in [0.4, 0.5) is 0 Å². The van der Waals surface area contributed by atoms with Crippen LogP contribution < -0.4 is 5.32 Å². The fourth-order valence-corrected chi connectivity index (χ4v) is 4.82. The molecule has 1 aromatic rings. The summed E-state index contributed by atoms with van der Waals surface area (Å²) < 4.78 is 25.4. The van der Waals surface area contributed by atoms with Gasteiger partial charge in [0.2, 0.25) is 0 Å². The first-order valence-electron chi connectivity index (χ1n) is 8.02. The molecule has 21 heavy (non-hydrogen) atoms. The molecule has 0 aliphatic heterocycles. The molecule has 0 heterocycles. The van der Waals surface area contributed by atoms with E-state index < -0.39 is 9.84 Å². The summed E-state index contributed by atoms with van der Waals surface area (Å²) in [6.45, 7) is 7.34. The van der Waals surface area contributed by atoms with Gasteiger partial charge < -0.3 is 5.32 Å². The molecule has 2 unspecified atom stereocenters. The molecular weight excluding hydrogens is 282 g/mol. The SMILES string of the molecule is CCCNC1CCC(S(=O)(=O)c2ccc(C(C)C)cc2)C1. The van der Waals surface area contributed by atoms with Gasteiger partial charge in [-0.1, -0.05) is 32.9 Å². The molecule has 1 aromatic carbocycles. The van der Waals surface area contributed by atoms with E-state index in [-0.39, 0.29) is 5.25 Å². The second kappa shape index (κ2) is 6.93. The van der Waals surface area contributed by atoms with Crippen molar-refractivity contribution in [1.29, 1.82) is 0 Å². The van der Waals surface area contributed by atoms with Gasteiger partial charge in [0.1, 0.15) is 0 Å². The Kier molecular flexibility index (Phi) is 5.44. The van der Waals surface area contributed by atoms with Gasteiger partial charge in [0, 0.05) is 6.04 Å². The van der Waals surface area contributed by atoms with E-state index in [0.29, 0.717) is 16.9 Å². The Morgan fingerprint density at radius 3 is 2.43 bits per heavy atom. The molecule has 0 bridgehead atoms. The zero-order valence-corrected chi connectivity index (χ0v) is 14.1. The fourth-order valence-electron chi connectivity index (χ4n) is 2.99. The van der Waals surface area contributed by atoms with Gasteiger partial charge in [-0.15, -0.1) is 0 Å². The Morgan fingerprint density at radius 1 is 1.19 bits per heavy atom. The number of nitrogens with one attached hydrogen (secondary N) is 1. The van der Waals surface area contributed by atoms with Crippen LogP contribution in [0.15, 0.2) is 29.2 Å². The first kappa shape index (κ1) is 16.5. The van der Waals surface area contributed by atoms with Crippen LogP contribution in [0.25, 0.3) is 0 Å². The molecule has 0 radical (unpaired) electrons. The molecule has 0 spiro atoms. The van der Waals surface area contributed by atoms with Crippen molar-refractivity contribution in [2.24, 2.45) is 0 Å². The van der Waals surface area contributed by atoms with E-state index in [1.165, 1.54) is 5.56 Å². The van der Waals surface area contributed by atoms with E-state index >= 15 is 0 Å². The van der Waals surface area contributed by atoms with Crippen LogP contribution in [0.1, 0.15) is 57.9 Å². The van der Waals surface area contributed by atoms with Crippen LogP contribution in [-0.2, 0) is 9.84 Å². The lowest BCUT2D eigenvalue weighted by Crippen LogP contribution is -2.29. The minimum Gasteiger partial charge on any atom is -0.314 e. The fraction of sp³-hybridized carbons (Fsp3) is 0.647. The molecule has 2 rings (SSSR count). The standard InChI is InChI=1S/C17H27NO2S/c1-4-11-18-15-7-10-17(12-15)21(19,20)16-8-5-14(6-9-16)13(2)3/h5-6,8-9,13,15,17-18H,4,7,10-12H2,1-3H3. The molecule has 3 nitrogen and oxygen atoms in total. The van der Waals surface area contributed by atoms with Crippen LogP contribution >= 0.6 is 0 Å². The molecule has 118 valence electrons. The molecule has 0 amide bonds. The van der Waals surface area contributed by atoms with Crippen molar-refractivity contribution in [3.63, 3.8) is 0 Å². The number of rotatable bonds is 6. The van der Waals surface area contributed by atoms with Gasteiger partial charge >= 0.3 is 0 Å². The maximum absolute atomic E-state index is 12.7. The minimum atomic E-state index is -3.18. The Balaban J connectivity index is 2.08. The highest BCUT2D eigenvalue weighted by molar-refractivity contribution is 7.92. The molecule has 1 saturated carbocycles. The molecule has 0 saturated heterocycles. The van der Waals surface area contributed by atoms with Crippen molar-refractivity contribution in [3.05, 3.63) is 29.8 Å². The molecule has 1 aliphatic carbocycles. The zero-order valence-electron chi connectivity index (χ0n) is 13.3. The first-order valence-corrected chi connectivity index (χ1v) is 9.57. The highest BCUT2D eigenvalue weighted by Gasteiger charge is 2.34. The summed E-state index contributed by atoms with van der Waals surface area (Å²) in [4.78, 5) is 0.480. The van der Waals surface area contributed by atoms with Gasteiger partial charge in [0.15, 0.2) is 9.84 Å². The lowest BCUT2D eigenvalue weighted by molar-refractivity contribution is 0.520. The van der Waals surface area contributed by atoms with E-state index in [1.54, 1.807) is 12.1 Å². The van der Waals surface area contributed by atoms with Gasteiger partial charge in [-0.05, 0) is 55.8 Å². The second-order valence-electron chi connectivity index (χ2n) is 6.35. The van der Waals surface area contributed by atoms with Crippen molar-refractivity contribution in [2.75, 3.05) is 6.54 Å². The molecule has 1 fully saturated rings. The minimum absolute atomic E-state index is 0.225. The number of hydrogen-bond donors (Lipinski definition) is 1. The average molecular weight is 309 g/mol. The van der Waals surface area contributed by atoms with Gasteiger partial charge in [-0.2, -0.15) is 0 Å². The molecule has 2 atom stereocenters. The maximum atomic E-state index is 12.7. The third-order valence-corrected chi connectivity index (χ3v) is 6.62. The largest absolute Gasteiger partial charge is 0.314 e. The third kappa shape index (κ3) is 3.86. The van der Waals surface area contributed by atoms with Crippen LogP contribution in [0.2, 0.25) is 0 Å². The van der Waals surface area contributed by atoms with Crippen LogP contribution in [0, 0.1) is 0 Å². The van der Waals surface area contributed by atoms with Gasteiger partial charge in [-0.25, -0.2) is 8.42 Å². The summed E-state index contributed by atoms with van der Waals surface area (Å²) >= 11 is 0. The summed E-state index contributed by atoms with van der Waals surface area (Å²) in [5.74, 6) is 0.427. The predicted molar refractivity (Wildman–Crippen MR) is 87.4 cm³/mol.